The van der Waals surface area contributed by atoms with Gasteiger partial charge in [-0.25, -0.2) is 4.98 Å². The first-order valence-corrected chi connectivity index (χ1v) is 2.72. The molecule has 0 spiro atoms. The quantitative estimate of drug-likeness (QED) is 0.591. The van der Waals surface area contributed by atoms with Gasteiger partial charge >= 0.3 is 0 Å². The number of rotatable bonds is 1. The minimum Gasteiger partial charge on any atom is -0.504 e. The topological polar surface area (TPSA) is 68.4 Å². The van der Waals surface area contributed by atoms with Crippen molar-refractivity contribution < 1.29 is 9.84 Å². The van der Waals surface area contributed by atoms with Gasteiger partial charge in [-0.05, 0) is 0 Å². The summed E-state index contributed by atoms with van der Waals surface area (Å²) in [6.45, 7) is 0. The molecule has 0 aromatic carbocycles. The average Bonchev–Trinajstić information content (AvgIpc) is 1.95. The third-order valence-electron chi connectivity index (χ3n) is 1.10. The first-order valence-electron chi connectivity index (χ1n) is 2.72. The first kappa shape index (κ1) is 6.67. The minimum atomic E-state index is -0.0270. The first-order chi connectivity index (χ1) is 4.74. The summed E-state index contributed by atoms with van der Waals surface area (Å²) in [6.07, 6.45) is 1.24. The van der Waals surface area contributed by atoms with Crippen molar-refractivity contribution in [3.63, 3.8) is 0 Å². The predicted molar refractivity (Wildman–Crippen MR) is 36.9 cm³/mol. The van der Waals surface area contributed by atoms with Crippen molar-refractivity contribution in [2.24, 2.45) is 0 Å². The largest absolute Gasteiger partial charge is 0.504 e. The van der Waals surface area contributed by atoms with Crippen LogP contribution in [0.5, 0.6) is 11.6 Å². The number of aromatic hydroxyl groups is 1. The second-order valence-corrected chi connectivity index (χ2v) is 1.79. The number of nitrogens with zero attached hydrogens (tertiary/aromatic N) is 1. The molecule has 0 bridgehead atoms. The molecule has 0 aliphatic heterocycles. The van der Waals surface area contributed by atoms with Crippen molar-refractivity contribution in [1.82, 2.24) is 4.98 Å². The van der Waals surface area contributed by atoms with Crippen LogP contribution >= 0.6 is 0 Å². The molecular weight excluding hydrogens is 132 g/mol. The Balaban J connectivity index is 3.04. The second kappa shape index (κ2) is 2.43. The van der Waals surface area contributed by atoms with E-state index in [-0.39, 0.29) is 11.4 Å². The maximum Gasteiger partial charge on any atom is 0.215 e. The molecule has 0 saturated heterocycles. The molecule has 1 heterocycles. The Morgan fingerprint density at radius 2 is 2.40 bits per heavy atom. The fourth-order valence-electron chi connectivity index (χ4n) is 0.555. The highest BCUT2D eigenvalue weighted by Gasteiger charge is 1.97. The highest BCUT2D eigenvalue weighted by atomic mass is 16.5. The molecule has 0 aliphatic carbocycles. The van der Waals surface area contributed by atoms with Crippen LogP contribution in [0.3, 0.4) is 0 Å². The summed E-state index contributed by atoms with van der Waals surface area (Å²) in [5.41, 5.74) is 5.60. The third-order valence-corrected chi connectivity index (χ3v) is 1.10. The van der Waals surface area contributed by atoms with E-state index < -0.39 is 0 Å². The summed E-state index contributed by atoms with van der Waals surface area (Å²) in [4.78, 5) is 3.71. The van der Waals surface area contributed by atoms with E-state index >= 15 is 0 Å². The molecule has 10 heavy (non-hydrogen) atoms. The van der Waals surface area contributed by atoms with Gasteiger partial charge in [0.1, 0.15) is 0 Å². The summed E-state index contributed by atoms with van der Waals surface area (Å²) in [6, 6.07) is 1.45. The molecule has 4 nitrogen and oxygen atoms in total. The lowest BCUT2D eigenvalue weighted by Gasteiger charge is -1.99. The summed E-state index contributed by atoms with van der Waals surface area (Å²) >= 11 is 0. The van der Waals surface area contributed by atoms with E-state index in [1.807, 2.05) is 0 Å². The summed E-state index contributed by atoms with van der Waals surface area (Å²) in [5.74, 6) is 0.371. The van der Waals surface area contributed by atoms with Crippen molar-refractivity contribution in [3.8, 4) is 11.6 Å². The van der Waals surface area contributed by atoms with Crippen LogP contribution in [0.25, 0.3) is 0 Å². The van der Waals surface area contributed by atoms with Crippen molar-refractivity contribution >= 4 is 5.69 Å². The average molecular weight is 140 g/mol. The van der Waals surface area contributed by atoms with Crippen LogP contribution in [-0.2, 0) is 0 Å². The lowest BCUT2D eigenvalue weighted by atomic mass is 10.4. The van der Waals surface area contributed by atoms with Gasteiger partial charge in [-0.3, -0.25) is 0 Å². The van der Waals surface area contributed by atoms with Gasteiger partial charge in [0, 0.05) is 6.07 Å². The Kier molecular flexibility index (Phi) is 1.62. The highest BCUT2D eigenvalue weighted by molar-refractivity contribution is 5.51. The fourth-order valence-corrected chi connectivity index (χ4v) is 0.555. The van der Waals surface area contributed by atoms with Crippen molar-refractivity contribution in [1.29, 1.82) is 0 Å². The van der Waals surface area contributed by atoms with Crippen LogP contribution in [0.2, 0.25) is 0 Å². The number of nitrogens with two attached hydrogens (primary N) is 1. The van der Waals surface area contributed by atoms with Gasteiger partial charge in [-0.2, -0.15) is 0 Å². The normalized spacial score (nSPS) is 9.30. The number of ether oxygens (including phenoxy) is 1. The van der Waals surface area contributed by atoms with Gasteiger partial charge in [0.2, 0.25) is 5.88 Å². The van der Waals surface area contributed by atoms with Crippen LogP contribution in [0.15, 0.2) is 12.3 Å². The van der Waals surface area contributed by atoms with Gasteiger partial charge < -0.3 is 15.6 Å². The maximum absolute atomic E-state index is 8.90. The zero-order chi connectivity index (χ0) is 7.56. The molecule has 1 aromatic rings. The number of pyridine rings is 1. The Morgan fingerprint density at radius 3 is 2.90 bits per heavy atom. The maximum atomic E-state index is 8.90. The zero-order valence-electron chi connectivity index (χ0n) is 5.53. The number of nitrogen functional groups attached to an aromatic ring is 1. The molecule has 0 unspecified atom stereocenters. The molecule has 1 aromatic heterocycles. The second-order valence-electron chi connectivity index (χ2n) is 1.79. The molecule has 0 radical (unpaired) electrons. The highest BCUT2D eigenvalue weighted by Crippen LogP contribution is 2.21. The van der Waals surface area contributed by atoms with Crippen LogP contribution in [0.4, 0.5) is 5.69 Å². The van der Waals surface area contributed by atoms with Gasteiger partial charge in [0.05, 0.1) is 19.0 Å². The van der Waals surface area contributed by atoms with Crippen LogP contribution in [-0.4, -0.2) is 17.2 Å². The smallest absolute Gasteiger partial charge is 0.215 e. The van der Waals surface area contributed by atoms with E-state index in [0.29, 0.717) is 5.88 Å². The third kappa shape index (κ3) is 1.10. The number of aromatic nitrogens is 1. The fraction of sp³-hybridized carbons (Fsp3) is 0.167. The molecule has 0 aliphatic rings. The molecule has 3 N–H and O–H groups in total. The van der Waals surface area contributed by atoms with Crippen LogP contribution < -0.4 is 10.5 Å². The standard InChI is InChI=1S/C6H8N2O2/c1-10-6-2-4(7)5(9)3-8-6/h2-3,9H,1H3,(H2,7,8). The van der Waals surface area contributed by atoms with E-state index in [4.69, 9.17) is 15.6 Å². The molecule has 54 valence electrons. The Labute approximate surface area is 58.3 Å². The SMILES string of the molecule is COc1cc(N)c(O)cn1. The zero-order valence-corrected chi connectivity index (χ0v) is 5.53. The van der Waals surface area contributed by atoms with Crippen molar-refractivity contribution in [3.05, 3.63) is 12.3 Å². The van der Waals surface area contributed by atoms with Crippen molar-refractivity contribution in [2.45, 2.75) is 0 Å². The predicted octanol–water partition coefficient (Wildman–Crippen LogP) is 0.378. The molecule has 1 rings (SSSR count). The lowest BCUT2D eigenvalue weighted by molar-refractivity contribution is 0.394. The molecule has 0 saturated carbocycles. The summed E-state index contributed by atoms with van der Waals surface area (Å²) in [5, 5.41) is 8.90. The van der Waals surface area contributed by atoms with Crippen LogP contribution in [0.1, 0.15) is 0 Å². The summed E-state index contributed by atoms with van der Waals surface area (Å²) < 4.78 is 4.75. The molecule has 0 atom stereocenters. The van der Waals surface area contributed by atoms with Gasteiger partial charge in [-0.15, -0.1) is 0 Å². The van der Waals surface area contributed by atoms with Gasteiger partial charge in [0.15, 0.2) is 5.75 Å². The van der Waals surface area contributed by atoms with E-state index in [2.05, 4.69) is 4.98 Å². The Bertz CT molecular complexity index is 237. The molecule has 0 fully saturated rings. The number of methoxy groups -OCH3 is 1. The number of anilines is 1. The molecular formula is C6H8N2O2. The minimum absolute atomic E-state index is 0.0270. The van der Waals surface area contributed by atoms with E-state index in [0.717, 1.165) is 0 Å². The van der Waals surface area contributed by atoms with E-state index in [1.54, 1.807) is 0 Å². The van der Waals surface area contributed by atoms with E-state index in [9.17, 15) is 0 Å². The Hall–Kier alpha value is -1.45. The summed E-state index contributed by atoms with van der Waals surface area (Å²) in [7, 11) is 1.48. The molecule has 0 amide bonds. The van der Waals surface area contributed by atoms with E-state index in [1.165, 1.54) is 19.4 Å². The monoisotopic (exact) mass is 140 g/mol. The number of hydrogen-bond acceptors (Lipinski definition) is 4. The number of hydrogen-bond donors (Lipinski definition) is 2. The Morgan fingerprint density at radius 1 is 1.70 bits per heavy atom. The van der Waals surface area contributed by atoms with Crippen LogP contribution in [0, 0.1) is 0 Å². The lowest BCUT2D eigenvalue weighted by Crippen LogP contribution is -1.90. The van der Waals surface area contributed by atoms with Gasteiger partial charge in [0.25, 0.3) is 0 Å². The van der Waals surface area contributed by atoms with Crippen molar-refractivity contribution in [2.75, 3.05) is 12.8 Å². The molecule has 4 heteroatoms. The van der Waals surface area contributed by atoms with Gasteiger partial charge in [-0.1, -0.05) is 0 Å².